The molecule has 0 bridgehead atoms. The summed E-state index contributed by atoms with van der Waals surface area (Å²) in [6.07, 6.45) is 1.44. The van der Waals surface area contributed by atoms with Gasteiger partial charge in [-0.25, -0.2) is 22.5 Å². The molecule has 2 heterocycles. The van der Waals surface area contributed by atoms with Gasteiger partial charge in [0.2, 0.25) is 5.91 Å². The Morgan fingerprint density at radius 1 is 1.12 bits per heavy atom. The standard InChI is InChI=1S/C24H24F3N3O4/c1-13(17-4-2-16(26)12-19(17)27)28-22(31)21(10-14-6-8-34-9-7-14)30-23(32)18-11-15(25)3-5-20(18)29-24(30)33/h2-5,11-14,21H,6-10H2,1H3,(H,28,31)(H,29,33)/t13-,21+/m1/s1. The minimum atomic E-state index is -1.22. The van der Waals surface area contributed by atoms with Crippen molar-refractivity contribution in [2.75, 3.05) is 13.2 Å². The van der Waals surface area contributed by atoms with Crippen LogP contribution in [0.15, 0.2) is 46.0 Å². The van der Waals surface area contributed by atoms with Gasteiger partial charge in [0.15, 0.2) is 0 Å². The molecule has 1 aliphatic rings. The summed E-state index contributed by atoms with van der Waals surface area (Å²) in [6, 6.07) is 4.33. The van der Waals surface area contributed by atoms with E-state index in [0.717, 1.165) is 22.8 Å². The van der Waals surface area contributed by atoms with E-state index in [1.165, 1.54) is 19.1 Å². The molecule has 2 atom stereocenters. The van der Waals surface area contributed by atoms with E-state index in [4.69, 9.17) is 4.74 Å². The average Bonchev–Trinajstić information content (AvgIpc) is 2.79. The van der Waals surface area contributed by atoms with Gasteiger partial charge in [0.25, 0.3) is 5.56 Å². The molecular weight excluding hydrogens is 451 g/mol. The molecule has 34 heavy (non-hydrogen) atoms. The first-order valence-electron chi connectivity index (χ1n) is 11.0. The molecule has 4 rings (SSSR count). The molecule has 0 aliphatic carbocycles. The number of aromatic nitrogens is 2. The number of H-pyrrole nitrogens is 1. The van der Waals surface area contributed by atoms with Crippen molar-refractivity contribution in [3.63, 3.8) is 0 Å². The molecule has 0 radical (unpaired) electrons. The monoisotopic (exact) mass is 475 g/mol. The number of benzene rings is 2. The summed E-state index contributed by atoms with van der Waals surface area (Å²) >= 11 is 0. The number of hydrogen-bond donors (Lipinski definition) is 2. The molecule has 2 N–H and O–H groups in total. The maximum Gasteiger partial charge on any atom is 0.329 e. The van der Waals surface area contributed by atoms with E-state index in [1.54, 1.807) is 0 Å². The number of amides is 1. The Kier molecular flexibility index (Phi) is 6.87. The number of nitrogens with one attached hydrogen (secondary N) is 2. The Bertz CT molecular complexity index is 1330. The topological polar surface area (TPSA) is 93.2 Å². The number of carbonyl (C=O) groups is 1. The van der Waals surface area contributed by atoms with Crippen molar-refractivity contribution in [2.24, 2.45) is 5.92 Å². The third kappa shape index (κ3) is 4.91. The predicted octanol–water partition coefficient (Wildman–Crippen LogP) is 3.34. The lowest BCUT2D eigenvalue weighted by Gasteiger charge is -2.28. The average molecular weight is 475 g/mol. The second-order valence-corrected chi connectivity index (χ2v) is 8.50. The number of halogens is 3. The Morgan fingerprint density at radius 2 is 1.79 bits per heavy atom. The van der Waals surface area contributed by atoms with Gasteiger partial charge in [-0.3, -0.25) is 9.59 Å². The summed E-state index contributed by atoms with van der Waals surface area (Å²) < 4.78 is 47.5. The van der Waals surface area contributed by atoms with Crippen molar-refractivity contribution in [3.05, 3.63) is 80.3 Å². The molecular formula is C24H24F3N3O4. The first-order chi connectivity index (χ1) is 16.2. The zero-order chi connectivity index (χ0) is 24.4. The maximum atomic E-state index is 14.2. The molecule has 1 aromatic heterocycles. The fraction of sp³-hybridized carbons (Fsp3) is 0.375. The van der Waals surface area contributed by atoms with Crippen LogP contribution in [0.4, 0.5) is 13.2 Å². The lowest BCUT2D eigenvalue weighted by atomic mass is 9.91. The molecule has 3 aromatic rings. The Hall–Kier alpha value is -3.40. The first kappa shape index (κ1) is 23.7. The number of carbonyl (C=O) groups excluding carboxylic acids is 1. The Morgan fingerprint density at radius 3 is 2.50 bits per heavy atom. The second kappa shape index (κ2) is 9.84. The van der Waals surface area contributed by atoms with Crippen LogP contribution in [-0.4, -0.2) is 28.7 Å². The normalized spacial score (nSPS) is 16.4. The van der Waals surface area contributed by atoms with E-state index < -0.39 is 46.7 Å². The molecule has 0 saturated carbocycles. The SMILES string of the molecule is C[C@@H](NC(=O)[C@H](CC1CCOCC1)n1c(=O)[nH]c2ccc(F)cc2c1=O)c1ccc(F)cc1F. The maximum absolute atomic E-state index is 14.2. The smallest absolute Gasteiger partial charge is 0.329 e. The van der Waals surface area contributed by atoms with E-state index >= 15 is 0 Å². The number of ether oxygens (including phenoxy) is 1. The van der Waals surface area contributed by atoms with Crippen molar-refractivity contribution < 1.29 is 22.7 Å². The number of rotatable bonds is 6. The molecule has 180 valence electrons. The third-order valence-corrected chi connectivity index (χ3v) is 6.19. The van der Waals surface area contributed by atoms with Crippen molar-refractivity contribution >= 4 is 16.8 Å². The molecule has 7 nitrogen and oxygen atoms in total. The van der Waals surface area contributed by atoms with Crippen molar-refractivity contribution in [1.29, 1.82) is 0 Å². The van der Waals surface area contributed by atoms with E-state index in [-0.39, 0.29) is 28.8 Å². The Balaban J connectivity index is 1.73. The van der Waals surface area contributed by atoms with Gasteiger partial charge in [-0.15, -0.1) is 0 Å². The van der Waals surface area contributed by atoms with Gasteiger partial charge in [-0.2, -0.15) is 0 Å². The quantitative estimate of drug-likeness (QED) is 0.572. The van der Waals surface area contributed by atoms with Gasteiger partial charge in [-0.05, 0) is 56.4 Å². The van der Waals surface area contributed by atoms with Crippen molar-refractivity contribution in [2.45, 2.75) is 38.3 Å². The van der Waals surface area contributed by atoms with Gasteiger partial charge in [0.05, 0.1) is 16.9 Å². The van der Waals surface area contributed by atoms with Crippen LogP contribution >= 0.6 is 0 Å². The zero-order valence-electron chi connectivity index (χ0n) is 18.4. The predicted molar refractivity (Wildman–Crippen MR) is 119 cm³/mol. The Labute approximate surface area is 192 Å². The van der Waals surface area contributed by atoms with Gasteiger partial charge in [0, 0.05) is 24.8 Å². The second-order valence-electron chi connectivity index (χ2n) is 8.50. The lowest BCUT2D eigenvalue weighted by Crippen LogP contribution is -2.46. The fourth-order valence-electron chi connectivity index (χ4n) is 4.35. The van der Waals surface area contributed by atoms with Gasteiger partial charge in [-0.1, -0.05) is 6.07 Å². The molecule has 1 amide bonds. The van der Waals surface area contributed by atoms with Crippen LogP contribution in [-0.2, 0) is 9.53 Å². The molecule has 2 aromatic carbocycles. The minimum Gasteiger partial charge on any atom is -0.381 e. The minimum absolute atomic E-state index is 0.00290. The summed E-state index contributed by atoms with van der Waals surface area (Å²) in [5.41, 5.74) is -1.40. The third-order valence-electron chi connectivity index (χ3n) is 6.19. The summed E-state index contributed by atoms with van der Waals surface area (Å²) in [5.74, 6) is -2.92. The van der Waals surface area contributed by atoms with Crippen LogP contribution in [0.5, 0.6) is 0 Å². The molecule has 0 unspecified atom stereocenters. The van der Waals surface area contributed by atoms with Crippen LogP contribution < -0.4 is 16.6 Å². The van der Waals surface area contributed by atoms with E-state index in [0.29, 0.717) is 32.1 Å². The summed E-state index contributed by atoms with van der Waals surface area (Å²) in [7, 11) is 0. The van der Waals surface area contributed by atoms with Crippen LogP contribution in [0, 0.1) is 23.4 Å². The number of fused-ring (bicyclic) bond motifs is 1. The molecule has 0 spiro atoms. The molecule has 1 saturated heterocycles. The van der Waals surface area contributed by atoms with E-state index in [2.05, 4.69) is 10.3 Å². The van der Waals surface area contributed by atoms with E-state index in [9.17, 15) is 27.6 Å². The van der Waals surface area contributed by atoms with Crippen molar-refractivity contribution in [1.82, 2.24) is 14.9 Å². The summed E-state index contributed by atoms with van der Waals surface area (Å²) in [5, 5.41) is 2.57. The highest BCUT2D eigenvalue weighted by atomic mass is 19.1. The molecule has 1 aliphatic heterocycles. The lowest BCUT2D eigenvalue weighted by molar-refractivity contribution is -0.126. The highest BCUT2D eigenvalue weighted by molar-refractivity contribution is 5.82. The summed E-state index contributed by atoms with van der Waals surface area (Å²) in [6.45, 7) is 2.50. The van der Waals surface area contributed by atoms with Gasteiger partial charge < -0.3 is 15.0 Å². The number of hydrogen-bond acceptors (Lipinski definition) is 4. The highest BCUT2D eigenvalue weighted by Crippen LogP contribution is 2.26. The first-order valence-corrected chi connectivity index (χ1v) is 11.0. The fourth-order valence-corrected chi connectivity index (χ4v) is 4.35. The van der Waals surface area contributed by atoms with Crippen molar-refractivity contribution in [3.8, 4) is 0 Å². The number of nitrogens with zero attached hydrogens (tertiary/aromatic N) is 1. The molecule has 1 fully saturated rings. The van der Waals surface area contributed by atoms with Crippen LogP contribution in [0.2, 0.25) is 0 Å². The largest absolute Gasteiger partial charge is 0.381 e. The number of aromatic amines is 1. The van der Waals surface area contributed by atoms with Gasteiger partial charge >= 0.3 is 5.69 Å². The van der Waals surface area contributed by atoms with Crippen LogP contribution in [0.1, 0.15) is 43.8 Å². The van der Waals surface area contributed by atoms with E-state index in [1.807, 2.05) is 0 Å². The van der Waals surface area contributed by atoms with Crippen LogP contribution in [0.25, 0.3) is 10.9 Å². The highest BCUT2D eigenvalue weighted by Gasteiger charge is 2.30. The van der Waals surface area contributed by atoms with Gasteiger partial charge in [0.1, 0.15) is 23.5 Å². The molecule has 10 heteroatoms. The zero-order valence-corrected chi connectivity index (χ0v) is 18.4. The summed E-state index contributed by atoms with van der Waals surface area (Å²) in [4.78, 5) is 42.0. The van der Waals surface area contributed by atoms with Crippen LogP contribution in [0.3, 0.4) is 0 Å².